The lowest BCUT2D eigenvalue weighted by Crippen LogP contribution is -2.46. The maximum Gasteiger partial charge on any atom is 0.243 e. The van der Waals surface area contributed by atoms with Gasteiger partial charge in [0.1, 0.15) is 5.75 Å². The third-order valence-corrected chi connectivity index (χ3v) is 4.73. The lowest BCUT2D eigenvalue weighted by Gasteiger charge is -2.22. The molecule has 7 nitrogen and oxygen atoms in total. The van der Waals surface area contributed by atoms with Gasteiger partial charge in [-0.25, -0.2) is 0 Å². The van der Waals surface area contributed by atoms with E-state index in [1.54, 1.807) is 0 Å². The Balaban J connectivity index is 0.00000392. The number of hydrogen-bond donors (Lipinski definition) is 3. The van der Waals surface area contributed by atoms with E-state index in [0.717, 1.165) is 37.4 Å². The molecule has 0 radical (unpaired) electrons. The van der Waals surface area contributed by atoms with Crippen LogP contribution in [0.3, 0.4) is 0 Å². The smallest absolute Gasteiger partial charge is 0.243 e. The number of carbonyl (C=O) groups is 2. The van der Waals surface area contributed by atoms with Gasteiger partial charge in [-0.2, -0.15) is 0 Å². The largest absolute Gasteiger partial charge is 0.493 e. The summed E-state index contributed by atoms with van der Waals surface area (Å²) >= 11 is 0. The fourth-order valence-electron chi connectivity index (χ4n) is 2.75. The summed E-state index contributed by atoms with van der Waals surface area (Å²) in [6.07, 6.45) is 2.02. The summed E-state index contributed by atoms with van der Waals surface area (Å²) in [5, 5.41) is 5.34. The van der Waals surface area contributed by atoms with Gasteiger partial charge < -0.3 is 25.8 Å². The fraction of sp³-hybridized carbons (Fsp3) is 0.600. The normalized spacial score (nSPS) is 15.5. The molecule has 8 heteroatoms. The van der Waals surface area contributed by atoms with Crippen molar-refractivity contribution in [2.45, 2.75) is 39.7 Å². The molecule has 0 bridgehead atoms. The van der Waals surface area contributed by atoms with Crippen LogP contribution in [-0.2, 0) is 14.3 Å². The van der Waals surface area contributed by atoms with Crippen molar-refractivity contribution in [3.8, 4) is 5.75 Å². The number of carbonyl (C=O) groups excluding carboxylic acids is 2. The minimum Gasteiger partial charge on any atom is -0.493 e. The number of anilines is 1. The summed E-state index contributed by atoms with van der Waals surface area (Å²) in [7, 11) is 0. The molecule has 1 aliphatic heterocycles. The number of benzene rings is 1. The van der Waals surface area contributed by atoms with Crippen LogP contribution in [0.5, 0.6) is 5.75 Å². The van der Waals surface area contributed by atoms with Gasteiger partial charge >= 0.3 is 0 Å². The van der Waals surface area contributed by atoms with Gasteiger partial charge in [0.2, 0.25) is 11.8 Å². The van der Waals surface area contributed by atoms with E-state index in [0.29, 0.717) is 18.2 Å². The van der Waals surface area contributed by atoms with Crippen LogP contribution in [0.15, 0.2) is 18.2 Å². The molecule has 2 amide bonds. The summed E-state index contributed by atoms with van der Waals surface area (Å²) in [4.78, 5) is 23.9. The third kappa shape index (κ3) is 7.66. The molecule has 0 aliphatic carbocycles. The molecule has 0 saturated carbocycles. The first-order chi connectivity index (χ1) is 12.9. The van der Waals surface area contributed by atoms with E-state index in [2.05, 4.69) is 10.6 Å². The Kier molecular flexibility index (Phi) is 10.3. The highest BCUT2D eigenvalue weighted by molar-refractivity contribution is 5.95. The Hall–Kier alpha value is -1.83. The molecule has 0 unspecified atom stereocenters. The first-order valence-electron chi connectivity index (χ1n) is 9.51. The van der Waals surface area contributed by atoms with Crippen LogP contribution in [0.4, 0.5) is 5.69 Å². The van der Waals surface area contributed by atoms with Crippen molar-refractivity contribution < 1.29 is 19.1 Å². The van der Waals surface area contributed by atoms with Crippen LogP contribution in [0.1, 0.15) is 32.3 Å². The molecule has 1 fully saturated rings. The van der Waals surface area contributed by atoms with E-state index in [-0.39, 0.29) is 36.7 Å². The maximum atomic E-state index is 12.1. The lowest BCUT2D eigenvalue weighted by molar-refractivity contribution is -0.125. The molecule has 1 aliphatic rings. The minimum absolute atomic E-state index is 0. The van der Waals surface area contributed by atoms with Gasteiger partial charge in [-0.1, -0.05) is 19.9 Å². The first kappa shape index (κ1) is 24.2. The zero-order valence-electron chi connectivity index (χ0n) is 16.8. The topological polar surface area (TPSA) is 103 Å². The van der Waals surface area contributed by atoms with Crippen LogP contribution < -0.4 is 21.1 Å². The second-order valence-electron chi connectivity index (χ2n) is 7.38. The van der Waals surface area contributed by atoms with E-state index in [1.807, 2.05) is 39.0 Å². The second-order valence-corrected chi connectivity index (χ2v) is 7.38. The zero-order chi connectivity index (χ0) is 19.8. The molecule has 1 aromatic rings. The average molecular weight is 414 g/mol. The summed E-state index contributed by atoms with van der Waals surface area (Å²) in [6.45, 7) is 7.79. The molecule has 0 spiro atoms. The van der Waals surface area contributed by atoms with Crippen LogP contribution in [0, 0.1) is 18.8 Å². The van der Waals surface area contributed by atoms with E-state index in [1.165, 1.54) is 0 Å². The van der Waals surface area contributed by atoms with Crippen molar-refractivity contribution in [2.75, 3.05) is 31.7 Å². The standard InChI is InChI=1S/C20H31N3O4.ClH/c1-13(2)19(21)20(25)22-11-18(24)23-16-5-4-14(3)17(10-16)27-12-15-6-8-26-9-7-15;/h4-5,10,13,15,19H,6-9,11-12,21H2,1-3H3,(H,22,25)(H,23,24);1H/t19-;/m0./s1. The van der Waals surface area contributed by atoms with Gasteiger partial charge in [-0.3, -0.25) is 9.59 Å². The summed E-state index contributed by atoms with van der Waals surface area (Å²) in [5.41, 5.74) is 7.41. The van der Waals surface area contributed by atoms with Gasteiger partial charge in [0, 0.05) is 25.0 Å². The van der Waals surface area contributed by atoms with Crippen molar-refractivity contribution in [1.29, 1.82) is 0 Å². The molecule has 1 atom stereocenters. The molecular formula is C20H32ClN3O4. The summed E-state index contributed by atoms with van der Waals surface area (Å²) < 4.78 is 11.3. The number of rotatable bonds is 8. The molecule has 4 N–H and O–H groups in total. The van der Waals surface area contributed by atoms with Crippen LogP contribution in [0.2, 0.25) is 0 Å². The van der Waals surface area contributed by atoms with Crippen molar-refractivity contribution in [2.24, 2.45) is 17.6 Å². The molecular weight excluding hydrogens is 382 g/mol. The maximum absolute atomic E-state index is 12.1. The number of nitrogens with two attached hydrogens (primary N) is 1. The van der Waals surface area contributed by atoms with Crippen molar-refractivity contribution in [3.05, 3.63) is 23.8 Å². The number of amides is 2. The van der Waals surface area contributed by atoms with Crippen molar-refractivity contribution in [1.82, 2.24) is 5.32 Å². The highest BCUT2D eigenvalue weighted by Gasteiger charge is 2.18. The van der Waals surface area contributed by atoms with Crippen LogP contribution in [0.25, 0.3) is 0 Å². The highest BCUT2D eigenvalue weighted by atomic mass is 35.5. The fourth-order valence-corrected chi connectivity index (χ4v) is 2.75. The van der Waals surface area contributed by atoms with Crippen LogP contribution in [-0.4, -0.2) is 44.2 Å². The molecule has 2 rings (SSSR count). The Morgan fingerprint density at radius 1 is 1.29 bits per heavy atom. The number of hydrogen-bond acceptors (Lipinski definition) is 5. The van der Waals surface area contributed by atoms with Crippen molar-refractivity contribution >= 4 is 29.9 Å². The number of nitrogens with one attached hydrogen (secondary N) is 2. The number of ether oxygens (including phenoxy) is 2. The summed E-state index contributed by atoms with van der Waals surface area (Å²) in [5.74, 6) is 0.630. The molecule has 158 valence electrons. The van der Waals surface area contributed by atoms with Gasteiger partial charge in [-0.15, -0.1) is 12.4 Å². The van der Waals surface area contributed by atoms with Gasteiger partial charge in [-0.05, 0) is 43.2 Å². The van der Waals surface area contributed by atoms with E-state index < -0.39 is 6.04 Å². The van der Waals surface area contributed by atoms with Crippen molar-refractivity contribution in [3.63, 3.8) is 0 Å². The quantitative estimate of drug-likeness (QED) is 0.606. The average Bonchev–Trinajstić information content (AvgIpc) is 2.66. The highest BCUT2D eigenvalue weighted by Crippen LogP contribution is 2.24. The molecule has 1 heterocycles. The van der Waals surface area contributed by atoms with Gasteiger partial charge in [0.05, 0.1) is 19.2 Å². The molecule has 28 heavy (non-hydrogen) atoms. The zero-order valence-corrected chi connectivity index (χ0v) is 17.6. The Morgan fingerprint density at radius 2 is 1.96 bits per heavy atom. The lowest BCUT2D eigenvalue weighted by atomic mass is 10.0. The predicted molar refractivity (Wildman–Crippen MR) is 112 cm³/mol. The van der Waals surface area contributed by atoms with E-state index in [9.17, 15) is 9.59 Å². The molecule has 1 aromatic carbocycles. The Labute approximate surface area is 173 Å². The van der Waals surface area contributed by atoms with E-state index >= 15 is 0 Å². The number of aryl methyl sites for hydroxylation is 1. The second kappa shape index (κ2) is 11.9. The Bertz CT molecular complexity index is 648. The van der Waals surface area contributed by atoms with Gasteiger partial charge in [0.15, 0.2) is 0 Å². The van der Waals surface area contributed by atoms with Gasteiger partial charge in [0.25, 0.3) is 0 Å². The minimum atomic E-state index is -0.623. The Morgan fingerprint density at radius 3 is 2.61 bits per heavy atom. The predicted octanol–water partition coefficient (Wildman–Crippen LogP) is 2.26. The molecule has 1 saturated heterocycles. The molecule has 0 aromatic heterocycles. The third-order valence-electron chi connectivity index (χ3n) is 4.73. The SMILES string of the molecule is Cc1ccc(NC(=O)CNC(=O)[C@@H](N)C(C)C)cc1OCC1CCOCC1.Cl. The first-order valence-corrected chi connectivity index (χ1v) is 9.51. The van der Waals surface area contributed by atoms with Crippen LogP contribution >= 0.6 is 12.4 Å². The summed E-state index contributed by atoms with van der Waals surface area (Å²) in [6, 6.07) is 4.91. The number of halogens is 1. The monoisotopic (exact) mass is 413 g/mol. The van der Waals surface area contributed by atoms with E-state index in [4.69, 9.17) is 15.2 Å².